The van der Waals surface area contributed by atoms with Crippen LogP contribution in [0.4, 0.5) is 0 Å². The second-order valence-electron chi connectivity index (χ2n) is 4.55. The van der Waals surface area contributed by atoms with Crippen LogP contribution in [0.1, 0.15) is 15.9 Å². The molecule has 0 atom stereocenters. The fraction of sp³-hybridized carbons (Fsp3) is 0.462. The van der Waals surface area contributed by atoms with E-state index in [2.05, 4.69) is 0 Å². The zero-order chi connectivity index (χ0) is 14.5. The van der Waals surface area contributed by atoms with E-state index < -0.39 is 9.84 Å². The van der Waals surface area contributed by atoms with E-state index in [9.17, 15) is 13.2 Å². The van der Waals surface area contributed by atoms with Crippen molar-refractivity contribution in [1.82, 2.24) is 4.90 Å². The van der Waals surface area contributed by atoms with Crippen LogP contribution in [-0.2, 0) is 16.3 Å². The molecule has 1 amide bonds. The van der Waals surface area contributed by atoms with Crippen molar-refractivity contribution in [2.24, 2.45) is 5.73 Å². The molecule has 0 spiro atoms. The van der Waals surface area contributed by atoms with Gasteiger partial charge in [0.15, 0.2) is 0 Å². The Bertz CT molecular complexity index is 541. The number of benzene rings is 1. The molecular weight excluding hydrogens is 264 g/mol. The van der Waals surface area contributed by atoms with Gasteiger partial charge in [-0.25, -0.2) is 8.42 Å². The van der Waals surface area contributed by atoms with Crippen LogP contribution < -0.4 is 5.73 Å². The Morgan fingerprint density at radius 2 is 1.95 bits per heavy atom. The molecule has 0 aromatic heterocycles. The van der Waals surface area contributed by atoms with Crippen LogP contribution in [0.5, 0.6) is 0 Å². The predicted octanol–water partition coefficient (Wildman–Crippen LogP) is 0.304. The molecule has 0 aliphatic heterocycles. The first-order valence-corrected chi connectivity index (χ1v) is 8.12. The lowest BCUT2D eigenvalue weighted by Gasteiger charge is -2.18. The van der Waals surface area contributed by atoms with E-state index in [1.165, 1.54) is 4.90 Å². The molecule has 0 saturated heterocycles. The fourth-order valence-electron chi connectivity index (χ4n) is 1.71. The maximum absolute atomic E-state index is 12.2. The summed E-state index contributed by atoms with van der Waals surface area (Å²) in [6.45, 7) is 0.659. The van der Waals surface area contributed by atoms with Crippen molar-refractivity contribution in [2.75, 3.05) is 32.1 Å². The SMILES string of the molecule is CN(CCS(C)(=O)=O)C(=O)c1ccccc1CCN. The van der Waals surface area contributed by atoms with Gasteiger partial charge in [-0.05, 0) is 24.6 Å². The van der Waals surface area contributed by atoms with E-state index in [1.54, 1.807) is 19.2 Å². The van der Waals surface area contributed by atoms with Gasteiger partial charge in [0.1, 0.15) is 9.84 Å². The Labute approximate surface area is 114 Å². The highest BCUT2D eigenvalue weighted by Gasteiger charge is 2.16. The highest BCUT2D eigenvalue weighted by atomic mass is 32.2. The summed E-state index contributed by atoms with van der Waals surface area (Å²) in [7, 11) is -1.47. The van der Waals surface area contributed by atoms with Gasteiger partial charge in [-0.2, -0.15) is 0 Å². The number of amides is 1. The molecule has 1 aromatic rings. The smallest absolute Gasteiger partial charge is 0.253 e. The zero-order valence-corrected chi connectivity index (χ0v) is 12.1. The zero-order valence-electron chi connectivity index (χ0n) is 11.3. The third-order valence-electron chi connectivity index (χ3n) is 2.81. The Kier molecular flexibility index (Phi) is 5.50. The molecule has 0 unspecified atom stereocenters. The van der Waals surface area contributed by atoms with Crippen molar-refractivity contribution >= 4 is 15.7 Å². The van der Waals surface area contributed by atoms with Gasteiger partial charge in [-0.3, -0.25) is 4.79 Å². The number of rotatable bonds is 6. The summed E-state index contributed by atoms with van der Waals surface area (Å²) >= 11 is 0. The molecule has 0 aliphatic rings. The molecular formula is C13H20N2O3S. The second-order valence-corrected chi connectivity index (χ2v) is 6.81. The lowest BCUT2D eigenvalue weighted by Crippen LogP contribution is -2.32. The molecule has 0 fully saturated rings. The molecule has 1 aromatic carbocycles. The van der Waals surface area contributed by atoms with Crippen LogP contribution in [-0.4, -0.2) is 51.4 Å². The molecule has 1 rings (SSSR count). The number of carbonyl (C=O) groups excluding carboxylic acids is 1. The molecule has 0 bridgehead atoms. The van der Waals surface area contributed by atoms with Crippen molar-refractivity contribution in [3.8, 4) is 0 Å². The highest BCUT2D eigenvalue weighted by molar-refractivity contribution is 7.90. The Morgan fingerprint density at radius 3 is 2.53 bits per heavy atom. The van der Waals surface area contributed by atoms with Crippen LogP contribution >= 0.6 is 0 Å². The maximum atomic E-state index is 12.2. The minimum Gasteiger partial charge on any atom is -0.341 e. The van der Waals surface area contributed by atoms with Gasteiger partial charge in [0.05, 0.1) is 5.75 Å². The molecule has 0 heterocycles. The normalized spacial score (nSPS) is 11.3. The molecule has 6 heteroatoms. The molecule has 0 radical (unpaired) electrons. The molecule has 0 aliphatic carbocycles. The summed E-state index contributed by atoms with van der Waals surface area (Å²) in [5, 5.41) is 0. The standard InChI is InChI=1S/C13H20N2O3S/c1-15(9-10-19(2,17)18)13(16)12-6-4-3-5-11(12)7-8-14/h3-6H,7-10,14H2,1-2H3. The fourth-order valence-corrected chi connectivity index (χ4v) is 2.32. The van der Waals surface area contributed by atoms with Crippen LogP contribution in [0.15, 0.2) is 24.3 Å². The number of sulfone groups is 1. The minimum absolute atomic E-state index is 0.0334. The summed E-state index contributed by atoms with van der Waals surface area (Å²) in [6.07, 6.45) is 1.79. The van der Waals surface area contributed by atoms with Gasteiger partial charge in [-0.1, -0.05) is 18.2 Å². The van der Waals surface area contributed by atoms with Crippen molar-refractivity contribution in [1.29, 1.82) is 0 Å². The first-order chi connectivity index (χ1) is 8.85. The number of nitrogens with two attached hydrogens (primary N) is 1. The predicted molar refractivity (Wildman–Crippen MR) is 75.9 cm³/mol. The topological polar surface area (TPSA) is 80.5 Å². The maximum Gasteiger partial charge on any atom is 0.253 e. The molecule has 0 saturated carbocycles. The average molecular weight is 284 g/mol. The third-order valence-corrected chi connectivity index (χ3v) is 3.73. The van der Waals surface area contributed by atoms with Gasteiger partial charge in [-0.15, -0.1) is 0 Å². The second kappa shape index (κ2) is 6.68. The third kappa shape index (κ3) is 5.00. The van der Waals surface area contributed by atoms with Crippen molar-refractivity contribution in [3.63, 3.8) is 0 Å². The van der Waals surface area contributed by atoms with Crippen LogP contribution in [0.25, 0.3) is 0 Å². The van der Waals surface area contributed by atoms with Crippen LogP contribution in [0.2, 0.25) is 0 Å². The lowest BCUT2D eigenvalue weighted by atomic mass is 10.0. The molecule has 19 heavy (non-hydrogen) atoms. The molecule has 5 nitrogen and oxygen atoms in total. The van der Waals surface area contributed by atoms with E-state index in [4.69, 9.17) is 5.73 Å². The summed E-state index contributed by atoms with van der Waals surface area (Å²) in [6, 6.07) is 7.25. The molecule has 106 valence electrons. The number of nitrogens with zero attached hydrogens (tertiary/aromatic N) is 1. The van der Waals surface area contributed by atoms with E-state index in [-0.39, 0.29) is 18.2 Å². The van der Waals surface area contributed by atoms with E-state index in [0.717, 1.165) is 11.8 Å². The van der Waals surface area contributed by atoms with Crippen LogP contribution in [0, 0.1) is 0 Å². The van der Waals surface area contributed by atoms with Crippen molar-refractivity contribution in [3.05, 3.63) is 35.4 Å². The van der Waals surface area contributed by atoms with Crippen molar-refractivity contribution in [2.45, 2.75) is 6.42 Å². The van der Waals surface area contributed by atoms with Gasteiger partial charge >= 0.3 is 0 Å². The van der Waals surface area contributed by atoms with Gasteiger partial charge < -0.3 is 10.6 Å². The quantitative estimate of drug-likeness (QED) is 0.815. The highest BCUT2D eigenvalue weighted by Crippen LogP contribution is 2.11. The molecule has 2 N–H and O–H groups in total. The van der Waals surface area contributed by atoms with Crippen LogP contribution in [0.3, 0.4) is 0 Å². The Balaban J connectivity index is 2.82. The van der Waals surface area contributed by atoms with Crippen molar-refractivity contribution < 1.29 is 13.2 Å². The van der Waals surface area contributed by atoms with E-state index in [0.29, 0.717) is 18.5 Å². The number of hydrogen-bond acceptors (Lipinski definition) is 4. The average Bonchev–Trinajstić information content (AvgIpc) is 2.35. The Hall–Kier alpha value is -1.40. The van der Waals surface area contributed by atoms with Gasteiger partial charge in [0.25, 0.3) is 5.91 Å². The monoisotopic (exact) mass is 284 g/mol. The number of carbonyl (C=O) groups is 1. The van der Waals surface area contributed by atoms with Gasteiger partial charge in [0.2, 0.25) is 0 Å². The van der Waals surface area contributed by atoms with E-state index >= 15 is 0 Å². The lowest BCUT2D eigenvalue weighted by molar-refractivity contribution is 0.0802. The first-order valence-electron chi connectivity index (χ1n) is 6.06. The summed E-state index contributed by atoms with van der Waals surface area (Å²) in [4.78, 5) is 13.7. The number of hydrogen-bond donors (Lipinski definition) is 1. The summed E-state index contributed by atoms with van der Waals surface area (Å²) in [5.41, 5.74) is 6.99. The first kappa shape index (κ1) is 15.7. The summed E-state index contributed by atoms with van der Waals surface area (Å²) < 4.78 is 22.2. The van der Waals surface area contributed by atoms with E-state index in [1.807, 2.05) is 12.1 Å². The largest absolute Gasteiger partial charge is 0.341 e. The van der Waals surface area contributed by atoms with Gasteiger partial charge in [0, 0.05) is 25.4 Å². The minimum atomic E-state index is -3.07. The Morgan fingerprint density at radius 1 is 1.32 bits per heavy atom. The summed E-state index contributed by atoms with van der Waals surface area (Å²) in [5.74, 6) is -0.207.